The van der Waals surface area contributed by atoms with Crippen LogP contribution in [0.25, 0.3) is 11.8 Å². The molecule has 6 nitrogen and oxygen atoms in total. The molecular weight excluding hydrogens is 442 g/mol. The Hall–Kier alpha value is -2.93. The molecule has 1 amide bonds. The molecule has 34 heavy (non-hydrogen) atoms. The molecule has 0 bridgehead atoms. The minimum absolute atomic E-state index is 0.107. The maximum atomic E-state index is 12.9. The second kappa shape index (κ2) is 9.37. The highest BCUT2D eigenvalue weighted by Crippen LogP contribution is 2.33. The third-order valence-corrected chi connectivity index (χ3v) is 8.08. The molecule has 0 atom stereocenters. The molecule has 1 aromatic carbocycles. The highest BCUT2D eigenvalue weighted by molar-refractivity contribution is 8.26. The van der Waals surface area contributed by atoms with E-state index in [1.807, 2.05) is 19.1 Å². The molecule has 2 aliphatic heterocycles. The van der Waals surface area contributed by atoms with Crippen molar-refractivity contribution in [3.05, 3.63) is 58.4 Å². The first kappa shape index (κ1) is 22.8. The molecule has 1 aromatic heterocycles. The van der Waals surface area contributed by atoms with E-state index in [1.165, 1.54) is 54.4 Å². The van der Waals surface area contributed by atoms with Crippen LogP contribution < -0.4 is 0 Å². The zero-order valence-corrected chi connectivity index (χ0v) is 20.9. The Morgan fingerprint density at radius 2 is 1.91 bits per heavy atom. The third kappa shape index (κ3) is 4.29. The van der Waals surface area contributed by atoms with E-state index in [9.17, 15) is 4.79 Å². The first-order valence-electron chi connectivity index (χ1n) is 12.2. The minimum atomic E-state index is -0.367. The van der Waals surface area contributed by atoms with Gasteiger partial charge in [-0.05, 0) is 80.6 Å². The molecule has 1 saturated carbocycles. The molecule has 3 aliphatic rings. The number of aliphatic imine (C=N–C) groups is 1. The fourth-order valence-corrected chi connectivity index (χ4v) is 6.11. The van der Waals surface area contributed by atoms with Gasteiger partial charge in [0.25, 0.3) is 5.91 Å². The predicted octanol–water partition coefficient (Wildman–Crippen LogP) is 6.38. The topological polar surface area (TPSA) is 73.8 Å². The SMILES string of the molecule is Cc1ccccc1-n1c(C)cc(C=C2C(=N)N3N=C(CCC4CCCCC4)SC3=NC2=O)c1C. The Morgan fingerprint density at radius 3 is 2.68 bits per heavy atom. The standard InChI is InChI=1S/C27H31N5OS/c1-17-9-7-8-12-23(17)31-18(2)15-21(19(31)3)16-22-25(28)32-27(29-26(22)33)34-24(30-32)14-13-20-10-5-4-6-11-20/h7-9,12,15-16,20,28H,4-6,10-11,13-14H2,1-3H3. The zero-order valence-electron chi connectivity index (χ0n) is 20.1. The number of nitrogens with one attached hydrogen (secondary N) is 1. The summed E-state index contributed by atoms with van der Waals surface area (Å²) in [5.41, 5.74) is 5.62. The number of aromatic nitrogens is 1. The lowest BCUT2D eigenvalue weighted by Crippen LogP contribution is -2.35. The van der Waals surface area contributed by atoms with Crippen molar-refractivity contribution >= 4 is 39.8 Å². The van der Waals surface area contributed by atoms with Gasteiger partial charge < -0.3 is 4.57 Å². The summed E-state index contributed by atoms with van der Waals surface area (Å²) in [4.78, 5) is 17.2. The highest BCUT2D eigenvalue weighted by Gasteiger charge is 2.35. The van der Waals surface area contributed by atoms with Crippen molar-refractivity contribution in [2.45, 2.75) is 65.7 Å². The van der Waals surface area contributed by atoms with Crippen LogP contribution in [0.1, 0.15) is 67.5 Å². The summed E-state index contributed by atoms with van der Waals surface area (Å²) in [5, 5.41) is 16.4. The molecule has 176 valence electrons. The Balaban J connectivity index is 1.39. The van der Waals surface area contributed by atoms with Crippen LogP contribution in [0.15, 0.2) is 46.0 Å². The van der Waals surface area contributed by atoms with Gasteiger partial charge in [0.15, 0.2) is 5.84 Å². The fourth-order valence-electron chi connectivity index (χ4n) is 5.21. The summed E-state index contributed by atoms with van der Waals surface area (Å²) in [6.45, 7) is 6.20. The van der Waals surface area contributed by atoms with E-state index < -0.39 is 0 Å². The first-order chi connectivity index (χ1) is 16.4. The van der Waals surface area contributed by atoms with E-state index in [0.29, 0.717) is 5.17 Å². The molecule has 0 radical (unpaired) electrons. The van der Waals surface area contributed by atoms with Crippen molar-refractivity contribution in [3.8, 4) is 5.69 Å². The minimum Gasteiger partial charge on any atom is -0.318 e. The maximum absolute atomic E-state index is 12.9. The number of para-hydroxylation sites is 1. The Bertz CT molecular complexity index is 1250. The average molecular weight is 474 g/mol. The van der Waals surface area contributed by atoms with E-state index >= 15 is 0 Å². The number of rotatable bonds is 5. The number of nitrogens with zero attached hydrogens (tertiary/aromatic N) is 4. The summed E-state index contributed by atoms with van der Waals surface area (Å²) < 4.78 is 2.20. The molecule has 0 unspecified atom stereocenters. The average Bonchev–Trinajstić information content (AvgIpc) is 3.36. The third-order valence-electron chi connectivity index (χ3n) is 7.11. The van der Waals surface area contributed by atoms with Crippen LogP contribution in [0.4, 0.5) is 0 Å². The summed E-state index contributed by atoms with van der Waals surface area (Å²) in [7, 11) is 0. The fraction of sp³-hybridized carbons (Fsp3) is 0.407. The molecule has 1 N–H and O–H groups in total. The molecule has 3 heterocycles. The van der Waals surface area contributed by atoms with E-state index in [2.05, 4.69) is 46.7 Å². The number of fused-ring (bicyclic) bond motifs is 1. The molecule has 7 heteroatoms. The zero-order chi connectivity index (χ0) is 23.8. The maximum Gasteiger partial charge on any atom is 0.283 e. The normalized spacial score (nSPS) is 20.1. The van der Waals surface area contributed by atoms with Crippen LogP contribution in [0, 0.1) is 32.1 Å². The largest absolute Gasteiger partial charge is 0.318 e. The number of carbonyl (C=O) groups is 1. The van der Waals surface area contributed by atoms with Crippen molar-refractivity contribution in [2.75, 3.05) is 0 Å². The lowest BCUT2D eigenvalue weighted by Gasteiger charge is -2.20. The van der Waals surface area contributed by atoms with E-state index in [0.717, 1.165) is 46.4 Å². The number of hydrogen-bond acceptors (Lipinski definition) is 4. The van der Waals surface area contributed by atoms with E-state index in [-0.39, 0.29) is 17.3 Å². The molecule has 0 spiro atoms. The van der Waals surface area contributed by atoms with Gasteiger partial charge in [0.1, 0.15) is 5.04 Å². The van der Waals surface area contributed by atoms with Gasteiger partial charge in [0, 0.05) is 17.1 Å². The van der Waals surface area contributed by atoms with Gasteiger partial charge in [-0.15, -0.1) is 0 Å². The van der Waals surface area contributed by atoms with Gasteiger partial charge in [-0.1, -0.05) is 50.3 Å². The van der Waals surface area contributed by atoms with Crippen LogP contribution in [-0.4, -0.2) is 31.5 Å². The summed E-state index contributed by atoms with van der Waals surface area (Å²) in [6.07, 6.45) is 10.5. The van der Waals surface area contributed by atoms with Crippen LogP contribution >= 0.6 is 11.8 Å². The number of benzene rings is 1. The van der Waals surface area contributed by atoms with Crippen molar-refractivity contribution in [3.63, 3.8) is 0 Å². The lowest BCUT2D eigenvalue weighted by molar-refractivity contribution is -0.114. The van der Waals surface area contributed by atoms with Gasteiger partial charge in [-0.3, -0.25) is 10.2 Å². The van der Waals surface area contributed by atoms with Crippen molar-refractivity contribution in [1.29, 1.82) is 5.41 Å². The van der Waals surface area contributed by atoms with Gasteiger partial charge in [0.05, 0.1) is 5.57 Å². The van der Waals surface area contributed by atoms with Gasteiger partial charge in [-0.25, -0.2) is 0 Å². The summed E-state index contributed by atoms with van der Waals surface area (Å²) in [5.74, 6) is 0.515. The monoisotopic (exact) mass is 473 g/mol. The number of carbonyl (C=O) groups excluding carboxylic acids is 1. The number of amides is 1. The molecular formula is C27H31N5OS. The summed E-state index contributed by atoms with van der Waals surface area (Å²) >= 11 is 1.44. The molecule has 1 fully saturated rings. The number of amidine groups is 2. The van der Waals surface area contributed by atoms with Crippen molar-refractivity contribution in [2.24, 2.45) is 16.0 Å². The molecule has 1 aliphatic carbocycles. The second-order valence-corrected chi connectivity index (χ2v) is 10.5. The Labute approximate surface area is 205 Å². The van der Waals surface area contributed by atoms with Crippen LogP contribution in [0.3, 0.4) is 0 Å². The highest BCUT2D eigenvalue weighted by atomic mass is 32.2. The number of hydrazone groups is 1. The number of aryl methyl sites for hydroxylation is 2. The van der Waals surface area contributed by atoms with Gasteiger partial charge >= 0.3 is 0 Å². The number of hydrogen-bond donors (Lipinski definition) is 1. The van der Waals surface area contributed by atoms with Gasteiger partial charge in [-0.2, -0.15) is 15.1 Å². The van der Waals surface area contributed by atoms with Crippen molar-refractivity contribution < 1.29 is 4.79 Å². The van der Waals surface area contributed by atoms with Crippen LogP contribution in [0.2, 0.25) is 0 Å². The molecule has 0 saturated heterocycles. The van der Waals surface area contributed by atoms with Gasteiger partial charge in [0.2, 0.25) is 5.17 Å². The Morgan fingerprint density at radius 1 is 1.15 bits per heavy atom. The Kier molecular flexibility index (Phi) is 6.30. The lowest BCUT2D eigenvalue weighted by atomic mass is 9.86. The summed E-state index contributed by atoms with van der Waals surface area (Å²) in [6, 6.07) is 10.3. The molecule has 2 aromatic rings. The van der Waals surface area contributed by atoms with E-state index in [1.54, 1.807) is 6.08 Å². The quantitative estimate of drug-likeness (QED) is 0.512. The van der Waals surface area contributed by atoms with Crippen LogP contribution in [0.5, 0.6) is 0 Å². The first-order valence-corrected chi connectivity index (χ1v) is 13.0. The van der Waals surface area contributed by atoms with Crippen molar-refractivity contribution in [1.82, 2.24) is 9.58 Å². The van der Waals surface area contributed by atoms with Crippen LogP contribution in [-0.2, 0) is 4.79 Å². The number of thioether (sulfide) groups is 1. The predicted molar refractivity (Wildman–Crippen MR) is 141 cm³/mol. The smallest absolute Gasteiger partial charge is 0.283 e. The van der Waals surface area contributed by atoms with E-state index in [4.69, 9.17) is 5.41 Å². The second-order valence-electron chi connectivity index (χ2n) is 9.50. The molecule has 5 rings (SSSR count).